The summed E-state index contributed by atoms with van der Waals surface area (Å²) in [6.45, 7) is 3.47. The van der Waals surface area contributed by atoms with Gasteiger partial charge in [-0.3, -0.25) is 9.69 Å². The van der Waals surface area contributed by atoms with Gasteiger partial charge in [-0.2, -0.15) is 0 Å². The van der Waals surface area contributed by atoms with Crippen LogP contribution in [0.2, 0.25) is 5.15 Å². The third-order valence-corrected chi connectivity index (χ3v) is 3.92. The van der Waals surface area contributed by atoms with E-state index in [1.165, 1.54) is 12.8 Å². The van der Waals surface area contributed by atoms with E-state index < -0.39 is 0 Å². The summed E-state index contributed by atoms with van der Waals surface area (Å²) in [4.78, 5) is 20.6. The van der Waals surface area contributed by atoms with Gasteiger partial charge < -0.3 is 10.6 Å². The molecule has 0 aromatic carbocycles. The molecule has 5 nitrogen and oxygen atoms in total. The number of anilines is 1. The maximum atomic E-state index is 12.4. The number of carbonyl (C=O) groups excluding carboxylic acids is 1. The fourth-order valence-corrected chi connectivity index (χ4v) is 2.77. The monoisotopic (exact) mass is 280 g/mol. The van der Waals surface area contributed by atoms with E-state index in [4.69, 9.17) is 17.3 Å². The Hall–Kier alpha value is -1.33. The van der Waals surface area contributed by atoms with Gasteiger partial charge in [0.25, 0.3) is 5.91 Å². The molecule has 102 valence electrons. The lowest BCUT2D eigenvalue weighted by molar-refractivity contribution is 0.0627. The molecule has 0 spiro atoms. The Balaban J connectivity index is 1.67. The zero-order valence-electron chi connectivity index (χ0n) is 10.7. The van der Waals surface area contributed by atoms with E-state index in [1.807, 2.05) is 4.90 Å². The Kier molecular flexibility index (Phi) is 3.33. The van der Waals surface area contributed by atoms with Gasteiger partial charge >= 0.3 is 0 Å². The average molecular weight is 281 g/mol. The lowest BCUT2D eigenvalue weighted by Crippen LogP contribution is -2.49. The van der Waals surface area contributed by atoms with Crippen LogP contribution in [0, 0.1) is 0 Å². The highest BCUT2D eigenvalue weighted by molar-refractivity contribution is 6.29. The Morgan fingerprint density at radius 2 is 1.95 bits per heavy atom. The summed E-state index contributed by atoms with van der Waals surface area (Å²) >= 11 is 5.84. The van der Waals surface area contributed by atoms with Crippen molar-refractivity contribution in [1.82, 2.24) is 14.8 Å². The van der Waals surface area contributed by atoms with E-state index in [1.54, 1.807) is 12.1 Å². The van der Waals surface area contributed by atoms with Crippen molar-refractivity contribution in [3.63, 3.8) is 0 Å². The maximum Gasteiger partial charge on any atom is 0.254 e. The molecule has 19 heavy (non-hydrogen) atoms. The number of halogens is 1. The zero-order chi connectivity index (χ0) is 13.4. The third kappa shape index (κ3) is 2.82. The molecule has 6 heteroatoms. The highest BCUT2D eigenvalue weighted by Gasteiger charge is 2.32. The van der Waals surface area contributed by atoms with Crippen LogP contribution in [0.3, 0.4) is 0 Å². The van der Waals surface area contributed by atoms with Crippen molar-refractivity contribution in [2.24, 2.45) is 0 Å². The standard InChI is InChI=1S/C13H17ClN4O/c14-11-7-9(8-12(15)16-11)13(19)18-5-3-17(4-6-18)10-1-2-10/h7-8,10H,1-6H2,(H2,15,16). The lowest BCUT2D eigenvalue weighted by atomic mass is 10.2. The summed E-state index contributed by atoms with van der Waals surface area (Å²) in [5.74, 6) is 0.277. The Labute approximate surface area is 117 Å². The highest BCUT2D eigenvalue weighted by Crippen LogP contribution is 2.27. The summed E-state index contributed by atoms with van der Waals surface area (Å²) in [5.41, 5.74) is 6.15. The minimum atomic E-state index is -0.00792. The molecule has 2 fully saturated rings. The van der Waals surface area contributed by atoms with Gasteiger partial charge in [0, 0.05) is 37.8 Å². The number of hydrogen-bond acceptors (Lipinski definition) is 4. The van der Waals surface area contributed by atoms with Gasteiger partial charge in [0.05, 0.1) is 0 Å². The topological polar surface area (TPSA) is 62.5 Å². The maximum absolute atomic E-state index is 12.4. The van der Waals surface area contributed by atoms with Crippen molar-refractivity contribution in [2.45, 2.75) is 18.9 Å². The van der Waals surface area contributed by atoms with E-state index in [-0.39, 0.29) is 16.9 Å². The van der Waals surface area contributed by atoms with Crippen molar-refractivity contribution in [3.8, 4) is 0 Å². The van der Waals surface area contributed by atoms with Gasteiger partial charge in [-0.15, -0.1) is 0 Å². The fraction of sp³-hybridized carbons (Fsp3) is 0.538. The Morgan fingerprint density at radius 3 is 2.53 bits per heavy atom. The first kappa shape index (κ1) is 12.7. The van der Waals surface area contributed by atoms with E-state index >= 15 is 0 Å². The van der Waals surface area contributed by atoms with Gasteiger partial charge in [0.1, 0.15) is 11.0 Å². The van der Waals surface area contributed by atoms with Gasteiger partial charge in [-0.05, 0) is 25.0 Å². The van der Waals surface area contributed by atoms with Gasteiger partial charge in [0.15, 0.2) is 0 Å². The average Bonchev–Trinajstić information content (AvgIpc) is 3.21. The number of nitrogens with two attached hydrogens (primary N) is 1. The minimum Gasteiger partial charge on any atom is -0.384 e. The molecule has 1 aromatic heterocycles. The van der Waals surface area contributed by atoms with Gasteiger partial charge in [-0.25, -0.2) is 4.98 Å². The van der Waals surface area contributed by atoms with Gasteiger partial charge in [-0.1, -0.05) is 11.6 Å². The lowest BCUT2D eigenvalue weighted by Gasteiger charge is -2.34. The van der Waals surface area contributed by atoms with Crippen LogP contribution in [-0.4, -0.2) is 52.9 Å². The molecule has 1 aliphatic carbocycles. The van der Waals surface area contributed by atoms with E-state index in [0.717, 1.165) is 32.2 Å². The molecular weight excluding hydrogens is 264 g/mol. The van der Waals surface area contributed by atoms with Crippen LogP contribution < -0.4 is 5.73 Å². The predicted molar refractivity (Wildman–Crippen MR) is 74.2 cm³/mol. The SMILES string of the molecule is Nc1cc(C(=O)N2CCN(C3CC3)CC2)cc(Cl)n1. The predicted octanol–water partition coefficient (Wildman–Crippen LogP) is 1.24. The molecular formula is C13H17ClN4O. The van der Waals surface area contributed by atoms with Crippen molar-refractivity contribution in [3.05, 3.63) is 22.8 Å². The minimum absolute atomic E-state index is 0.00792. The highest BCUT2D eigenvalue weighted by atomic mass is 35.5. The van der Waals surface area contributed by atoms with Gasteiger partial charge in [0.2, 0.25) is 0 Å². The summed E-state index contributed by atoms with van der Waals surface area (Å²) in [5, 5.41) is 0.264. The number of aromatic nitrogens is 1. The third-order valence-electron chi connectivity index (χ3n) is 3.73. The number of nitrogens with zero attached hydrogens (tertiary/aromatic N) is 3. The number of hydrogen-bond donors (Lipinski definition) is 1. The normalized spacial score (nSPS) is 20.6. The second-order valence-electron chi connectivity index (χ2n) is 5.16. The first-order valence-corrected chi connectivity index (χ1v) is 6.97. The summed E-state index contributed by atoms with van der Waals surface area (Å²) in [7, 11) is 0. The van der Waals surface area contributed by atoms with Crippen LogP contribution in [0.15, 0.2) is 12.1 Å². The van der Waals surface area contributed by atoms with Crippen molar-refractivity contribution in [2.75, 3.05) is 31.9 Å². The molecule has 1 amide bonds. The quantitative estimate of drug-likeness (QED) is 0.828. The zero-order valence-corrected chi connectivity index (χ0v) is 11.4. The van der Waals surface area contributed by atoms with E-state index in [2.05, 4.69) is 9.88 Å². The van der Waals surface area contributed by atoms with Crippen LogP contribution in [0.5, 0.6) is 0 Å². The number of pyridine rings is 1. The van der Waals surface area contributed by atoms with Crippen LogP contribution in [0.1, 0.15) is 23.2 Å². The number of piperazine rings is 1. The van der Waals surface area contributed by atoms with Crippen LogP contribution >= 0.6 is 11.6 Å². The molecule has 1 saturated carbocycles. The molecule has 1 saturated heterocycles. The second kappa shape index (κ2) is 4.98. The first-order chi connectivity index (χ1) is 9.13. The van der Waals surface area contributed by atoms with Crippen LogP contribution in [0.4, 0.5) is 5.82 Å². The Morgan fingerprint density at radius 1 is 1.26 bits per heavy atom. The summed E-state index contributed by atoms with van der Waals surface area (Å²) in [6, 6.07) is 3.93. The molecule has 0 bridgehead atoms. The molecule has 0 unspecified atom stereocenters. The molecule has 1 aromatic rings. The summed E-state index contributed by atoms with van der Waals surface area (Å²) < 4.78 is 0. The van der Waals surface area contributed by atoms with Crippen molar-refractivity contribution in [1.29, 1.82) is 0 Å². The fourth-order valence-electron chi connectivity index (χ4n) is 2.55. The molecule has 2 N–H and O–H groups in total. The van der Waals surface area contributed by atoms with E-state index in [0.29, 0.717) is 5.56 Å². The second-order valence-corrected chi connectivity index (χ2v) is 5.55. The smallest absolute Gasteiger partial charge is 0.254 e. The molecule has 3 rings (SSSR count). The number of carbonyl (C=O) groups is 1. The molecule has 2 heterocycles. The van der Waals surface area contributed by atoms with Crippen molar-refractivity contribution >= 4 is 23.3 Å². The van der Waals surface area contributed by atoms with Crippen LogP contribution in [0.25, 0.3) is 0 Å². The van der Waals surface area contributed by atoms with Crippen LogP contribution in [-0.2, 0) is 0 Å². The molecule has 2 aliphatic rings. The Bertz CT molecular complexity index is 475. The number of nitrogen functional groups attached to an aromatic ring is 1. The number of amides is 1. The largest absolute Gasteiger partial charge is 0.384 e. The number of rotatable bonds is 2. The summed E-state index contributed by atoms with van der Waals surface area (Å²) in [6.07, 6.45) is 2.62. The first-order valence-electron chi connectivity index (χ1n) is 6.60. The molecule has 0 radical (unpaired) electrons. The van der Waals surface area contributed by atoms with E-state index in [9.17, 15) is 4.79 Å². The van der Waals surface area contributed by atoms with Crippen molar-refractivity contribution < 1.29 is 4.79 Å². The molecule has 0 atom stereocenters. The molecule has 1 aliphatic heterocycles.